The number of hydrogen-bond acceptors (Lipinski definition) is 5. The molecule has 0 saturated carbocycles. The van der Waals surface area contributed by atoms with E-state index in [9.17, 15) is 13.2 Å². The molecule has 22 heavy (non-hydrogen) atoms. The molecule has 1 aromatic carbocycles. The van der Waals surface area contributed by atoms with E-state index < -0.39 is 17.8 Å². The molecule has 0 aromatic heterocycles. The van der Waals surface area contributed by atoms with Crippen molar-refractivity contribution in [3.8, 4) is 0 Å². The predicted molar refractivity (Wildman–Crippen MR) is 76.1 cm³/mol. The van der Waals surface area contributed by atoms with Crippen LogP contribution >= 0.6 is 0 Å². The summed E-state index contributed by atoms with van der Waals surface area (Å²) in [5, 5.41) is 15.6. The lowest BCUT2D eigenvalue weighted by Crippen LogP contribution is -2.25. The molecular formula is C14H16F3N3O2. The second-order valence-corrected chi connectivity index (χ2v) is 4.66. The maximum Gasteiger partial charge on any atom is 0.418 e. The Kier molecular flexibility index (Phi) is 4.92. The van der Waals surface area contributed by atoms with Crippen molar-refractivity contribution in [2.75, 3.05) is 11.9 Å². The van der Waals surface area contributed by atoms with Crippen LogP contribution in [0, 0.1) is 0 Å². The lowest BCUT2D eigenvalue weighted by atomic mass is 10.1. The summed E-state index contributed by atoms with van der Waals surface area (Å²) in [5.74, 6) is 0.0498. The van der Waals surface area contributed by atoms with E-state index in [-0.39, 0.29) is 23.8 Å². The van der Waals surface area contributed by atoms with Crippen molar-refractivity contribution in [3.05, 3.63) is 41.8 Å². The summed E-state index contributed by atoms with van der Waals surface area (Å²) in [4.78, 5) is 0. The molecular weight excluding hydrogens is 299 g/mol. The zero-order valence-corrected chi connectivity index (χ0v) is 11.8. The zero-order chi connectivity index (χ0) is 16.2. The molecule has 5 nitrogen and oxygen atoms in total. The highest BCUT2D eigenvalue weighted by atomic mass is 19.4. The molecule has 0 aliphatic carbocycles. The summed E-state index contributed by atoms with van der Waals surface area (Å²) < 4.78 is 44.8. The largest absolute Gasteiger partial charge is 0.443 e. The van der Waals surface area contributed by atoms with Gasteiger partial charge in [0, 0.05) is 17.3 Å². The van der Waals surface area contributed by atoms with Crippen molar-refractivity contribution in [1.29, 1.82) is 0 Å². The lowest BCUT2D eigenvalue weighted by molar-refractivity contribution is -0.137. The highest BCUT2D eigenvalue weighted by Gasteiger charge is 2.34. The number of anilines is 1. The van der Waals surface area contributed by atoms with Gasteiger partial charge >= 0.3 is 6.18 Å². The van der Waals surface area contributed by atoms with Crippen molar-refractivity contribution in [2.24, 2.45) is 5.10 Å². The van der Waals surface area contributed by atoms with Crippen LogP contribution in [0.4, 0.5) is 18.9 Å². The molecule has 2 rings (SSSR count). The highest BCUT2D eigenvalue weighted by molar-refractivity contribution is 5.95. The number of rotatable bonds is 5. The van der Waals surface area contributed by atoms with Gasteiger partial charge in [-0.25, -0.2) is 0 Å². The van der Waals surface area contributed by atoms with Gasteiger partial charge in [-0.05, 0) is 24.6 Å². The average Bonchev–Trinajstić information content (AvgIpc) is 2.52. The van der Waals surface area contributed by atoms with Gasteiger partial charge in [-0.3, -0.25) is 5.43 Å². The van der Waals surface area contributed by atoms with E-state index in [1.165, 1.54) is 24.6 Å². The Morgan fingerprint density at radius 2 is 2.18 bits per heavy atom. The van der Waals surface area contributed by atoms with Gasteiger partial charge in [0.05, 0.1) is 18.4 Å². The predicted octanol–water partition coefficient (Wildman–Crippen LogP) is 2.64. The zero-order valence-electron chi connectivity index (χ0n) is 11.8. The van der Waals surface area contributed by atoms with Crippen molar-refractivity contribution in [1.82, 2.24) is 5.43 Å². The number of halogens is 3. The fourth-order valence-corrected chi connectivity index (χ4v) is 1.92. The van der Waals surface area contributed by atoms with Gasteiger partial charge in [-0.15, -0.1) is 5.10 Å². The topological polar surface area (TPSA) is 65.9 Å². The van der Waals surface area contributed by atoms with Gasteiger partial charge < -0.3 is 15.2 Å². The maximum atomic E-state index is 13.2. The molecule has 1 heterocycles. The van der Waals surface area contributed by atoms with Crippen LogP contribution in [0.1, 0.15) is 24.5 Å². The fourth-order valence-electron chi connectivity index (χ4n) is 1.92. The molecule has 1 atom stereocenters. The summed E-state index contributed by atoms with van der Waals surface area (Å²) in [7, 11) is 0. The smallest absolute Gasteiger partial charge is 0.418 e. The molecule has 3 N–H and O–H groups in total. The Bertz CT molecular complexity index is 581. The molecule has 1 aliphatic heterocycles. The minimum absolute atomic E-state index is 0.0498. The molecule has 0 saturated heterocycles. The van der Waals surface area contributed by atoms with Gasteiger partial charge in [-0.2, -0.15) is 13.2 Å². The van der Waals surface area contributed by atoms with E-state index in [2.05, 4.69) is 15.8 Å². The Morgan fingerprint density at radius 3 is 2.73 bits per heavy atom. The SMILES string of the molecule is CC[C@H](CO)Nc1ccc(C2=NNC=CO2)cc1C(F)(F)F. The Labute approximate surface area is 125 Å². The number of hydrazone groups is 1. The number of aliphatic hydroxyl groups is 1. The molecule has 0 radical (unpaired) electrons. The number of aliphatic hydroxyl groups excluding tert-OH is 1. The van der Waals surface area contributed by atoms with Gasteiger partial charge in [-0.1, -0.05) is 6.92 Å². The molecule has 0 fully saturated rings. The van der Waals surface area contributed by atoms with Crippen LogP contribution in [0.5, 0.6) is 0 Å². The first-order valence-electron chi connectivity index (χ1n) is 6.69. The van der Waals surface area contributed by atoms with E-state index >= 15 is 0 Å². The van der Waals surface area contributed by atoms with E-state index in [4.69, 9.17) is 9.84 Å². The standard InChI is InChI=1S/C14H16F3N3O2/c1-2-10(8-21)19-12-4-3-9(7-11(12)14(15,16)17)13-20-18-5-6-22-13/h3-7,10,18-19,21H,2,8H2,1H3/t10-/m1/s1. The number of alkyl halides is 3. The molecule has 1 aliphatic rings. The lowest BCUT2D eigenvalue weighted by Gasteiger charge is -2.21. The van der Waals surface area contributed by atoms with Crippen LogP contribution in [0.15, 0.2) is 35.8 Å². The number of benzene rings is 1. The normalized spacial score (nSPS) is 15.6. The quantitative estimate of drug-likeness (QED) is 0.781. The second kappa shape index (κ2) is 6.69. The second-order valence-electron chi connectivity index (χ2n) is 4.66. The number of nitrogens with one attached hydrogen (secondary N) is 2. The van der Waals surface area contributed by atoms with Crippen LogP contribution in [-0.2, 0) is 10.9 Å². The summed E-state index contributed by atoms with van der Waals surface area (Å²) in [6.07, 6.45) is -1.33. The Balaban J connectivity index is 2.36. The van der Waals surface area contributed by atoms with E-state index in [1.54, 1.807) is 6.92 Å². The van der Waals surface area contributed by atoms with E-state index in [0.29, 0.717) is 6.42 Å². The summed E-state index contributed by atoms with van der Waals surface area (Å²) in [6.45, 7) is 1.53. The third kappa shape index (κ3) is 3.70. The number of ether oxygens (including phenoxy) is 1. The summed E-state index contributed by atoms with van der Waals surface area (Å²) in [6, 6.07) is 3.30. The van der Waals surface area contributed by atoms with E-state index in [0.717, 1.165) is 6.07 Å². The number of hydrogen-bond donors (Lipinski definition) is 3. The first-order chi connectivity index (χ1) is 10.5. The van der Waals surface area contributed by atoms with Crippen molar-refractivity contribution in [3.63, 3.8) is 0 Å². The van der Waals surface area contributed by atoms with Crippen molar-refractivity contribution < 1.29 is 23.0 Å². The van der Waals surface area contributed by atoms with Gasteiger partial charge in [0.15, 0.2) is 0 Å². The minimum Gasteiger partial charge on any atom is -0.443 e. The van der Waals surface area contributed by atoms with Gasteiger partial charge in [0.2, 0.25) is 5.90 Å². The first kappa shape index (κ1) is 16.2. The molecule has 0 bridgehead atoms. The van der Waals surface area contributed by atoms with E-state index in [1.807, 2.05) is 0 Å². The van der Waals surface area contributed by atoms with Crippen LogP contribution in [0.3, 0.4) is 0 Å². The van der Waals surface area contributed by atoms with Gasteiger partial charge in [0.1, 0.15) is 6.26 Å². The minimum atomic E-state index is -4.54. The molecule has 8 heteroatoms. The monoisotopic (exact) mass is 315 g/mol. The molecule has 120 valence electrons. The Morgan fingerprint density at radius 1 is 1.41 bits per heavy atom. The van der Waals surface area contributed by atoms with Crippen LogP contribution < -0.4 is 10.7 Å². The third-order valence-corrected chi connectivity index (χ3v) is 3.13. The van der Waals surface area contributed by atoms with Gasteiger partial charge in [0.25, 0.3) is 0 Å². The van der Waals surface area contributed by atoms with Crippen molar-refractivity contribution >= 4 is 11.6 Å². The summed E-state index contributed by atoms with van der Waals surface area (Å²) in [5.41, 5.74) is 1.79. The molecule has 0 amide bonds. The Hall–Kier alpha value is -2.22. The van der Waals surface area contributed by atoms with Crippen LogP contribution in [0.2, 0.25) is 0 Å². The third-order valence-electron chi connectivity index (χ3n) is 3.13. The highest BCUT2D eigenvalue weighted by Crippen LogP contribution is 2.36. The molecule has 0 unspecified atom stereocenters. The van der Waals surface area contributed by atoms with Crippen LogP contribution in [-0.4, -0.2) is 23.7 Å². The number of nitrogens with zero attached hydrogens (tertiary/aromatic N) is 1. The molecule has 0 spiro atoms. The van der Waals surface area contributed by atoms with Crippen LogP contribution in [0.25, 0.3) is 0 Å². The average molecular weight is 315 g/mol. The first-order valence-corrected chi connectivity index (χ1v) is 6.69. The maximum absolute atomic E-state index is 13.2. The molecule has 1 aromatic rings. The summed E-state index contributed by atoms with van der Waals surface area (Å²) >= 11 is 0. The van der Waals surface area contributed by atoms with Crippen molar-refractivity contribution in [2.45, 2.75) is 25.6 Å². The fraction of sp³-hybridized carbons (Fsp3) is 0.357.